The lowest BCUT2D eigenvalue weighted by Crippen LogP contribution is -2.18. The minimum Gasteiger partial charge on any atom is -0.306 e. The van der Waals surface area contributed by atoms with Crippen LogP contribution in [0.2, 0.25) is 0 Å². The largest absolute Gasteiger partial charge is 0.306 e. The van der Waals surface area contributed by atoms with Gasteiger partial charge in [0.2, 0.25) is 0 Å². The van der Waals surface area contributed by atoms with Crippen LogP contribution in [0.25, 0.3) is 0 Å². The van der Waals surface area contributed by atoms with Gasteiger partial charge in [0, 0.05) is 43.0 Å². The highest BCUT2D eigenvalue weighted by Crippen LogP contribution is 2.19. The molecule has 1 aromatic heterocycles. The molecule has 1 aromatic carbocycles. The first-order chi connectivity index (χ1) is 9.90. The van der Waals surface area contributed by atoms with Gasteiger partial charge in [-0.3, -0.25) is 14.8 Å². The van der Waals surface area contributed by atoms with Gasteiger partial charge in [-0.1, -0.05) is 12.1 Å². The highest BCUT2D eigenvalue weighted by Gasteiger charge is 2.12. The molecule has 1 heterocycles. The molecule has 1 unspecified atom stereocenters. The molecule has 2 aromatic rings. The number of benzene rings is 1. The summed E-state index contributed by atoms with van der Waals surface area (Å²) < 4.78 is 1.88. The topological polar surface area (TPSA) is 73.0 Å². The average molecular weight is 288 g/mol. The van der Waals surface area contributed by atoms with Crippen molar-refractivity contribution in [3.05, 3.63) is 56.9 Å². The minimum absolute atomic E-state index is 0.116. The Labute approximate surface area is 123 Å². The monoisotopic (exact) mass is 288 g/mol. The molecule has 0 aliphatic carbocycles. The first kappa shape index (κ1) is 15.2. The Bertz CT molecular complexity index is 646. The second-order valence-electron chi connectivity index (χ2n) is 5.22. The van der Waals surface area contributed by atoms with E-state index in [4.69, 9.17) is 0 Å². The number of nitro groups is 1. The SMILES string of the molecule is Cc1nn(C)c(C)c1CNC(C)c1ccc([N+](=O)[O-])cc1. The molecule has 112 valence electrons. The Morgan fingerprint density at radius 1 is 1.33 bits per heavy atom. The Morgan fingerprint density at radius 2 is 1.95 bits per heavy atom. The van der Waals surface area contributed by atoms with Gasteiger partial charge >= 0.3 is 0 Å². The van der Waals surface area contributed by atoms with Crippen molar-refractivity contribution in [1.29, 1.82) is 0 Å². The van der Waals surface area contributed by atoms with Gasteiger partial charge < -0.3 is 5.32 Å². The predicted molar refractivity (Wildman–Crippen MR) is 81.0 cm³/mol. The zero-order chi connectivity index (χ0) is 15.6. The van der Waals surface area contributed by atoms with Crippen molar-refractivity contribution in [2.24, 2.45) is 7.05 Å². The van der Waals surface area contributed by atoms with E-state index in [9.17, 15) is 10.1 Å². The lowest BCUT2D eigenvalue weighted by atomic mass is 10.1. The van der Waals surface area contributed by atoms with Gasteiger partial charge in [0.05, 0.1) is 10.6 Å². The lowest BCUT2D eigenvalue weighted by Gasteiger charge is -2.14. The summed E-state index contributed by atoms with van der Waals surface area (Å²) in [6.45, 7) is 6.82. The third-order valence-corrected chi connectivity index (χ3v) is 3.85. The smallest absolute Gasteiger partial charge is 0.269 e. The second kappa shape index (κ2) is 6.05. The van der Waals surface area contributed by atoms with Crippen LogP contribution < -0.4 is 5.32 Å². The van der Waals surface area contributed by atoms with E-state index in [1.165, 1.54) is 17.7 Å². The van der Waals surface area contributed by atoms with Crippen molar-refractivity contribution in [1.82, 2.24) is 15.1 Å². The van der Waals surface area contributed by atoms with E-state index in [1.807, 2.05) is 32.5 Å². The maximum atomic E-state index is 10.7. The van der Waals surface area contributed by atoms with Crippen LogP contribution in [0, 0.1) is 24.0 Å². The normalized spacial score (nSPS) is 12.4. The predicted octanol–water partition coefficient (Wildman–Crippen LogP) is 2.80. The Kier molecular flexibility index (Phi) is 4.37. The van der Waals surface area contributed by atoms with Crippen LogP contribution in [0.3, 0.4) is 0 Å². The highest BCUT2D eigenvalue weighted by atomic mass is 16.6. The summed E-state index contributed by atoms with van der Waals surface area (Å²) >= 11 is 0. The van der Waals surface area contributed by atoms with E-state index in [1.54, 1.807) is 12.1 Å². The molecule has 6 nitrogen and oxygen atoms in total. The number of nitro benzene ring substituents is 1. The summed E-state index contributed by atoms with van der Waals surface area (Å²) in [5.74, 6) is 0. The van der Waals surface area contributed by atoms with E-state index < -0.39 is 0 Å². The van der Waals surface area contributed by atoms with Gasteiger partial charge in [-0.25, -0.2) is 0 Å². The third-order valence-electron chi connectivity index (χ3n) is 3.85. The van der Waals surface area contributed by atoms with Crippen LogP contribution in [0.15, 0.2) is 24.3 Å². The number of aryl methyl sites for hydroxylation is 2. The van der Waals surface area contributed by atoms with Crippen molar-refractivity contribution >= 4 is 5.69 Å². The van der Waals surface area contributed by atoms with Gasteiger partial charge in [0.1, 0.15) is 0 Å². The molecule has 0 aliphatic rings. The summed E-state index contributed by atoms with van der Waals surface area (Å²) in [6, 6.07) is 6.77. The molecule has 0 saturated carbocycles. The van der Waals surface area contributed by atoms with Crippen molar-refractivity contribution < 1.29 is 4.92 Å². The van der Waals surface area contributed by atoms with Crippen molar-refractivity contribution in [2.45, 2.75) is 33.4 Å². The van der Waals surface area contributed by atoms with E-state index in [2.05, 4.69) is 10.4 Å². The zero-order valence-electron chi connectivity index (χ0n) is 12.8. The van der Waals surface area contributed by atoms with E-state index in [-0.39, 0.29) is 16.7 Å². The summed E-state index contributed by atoms with van der Waals surface area (Å²) in [5.41, 5.74) is 4.52. The fraction of sp³-hybridized carbons (Fsp3) is 0.400. The minimum atomic E-state index is -0.385. The average Bonchev–Trinajstić information content (AvgIpc) is 2.70. The molecule has 0 fully saturated rings. The van der Waals surface area contributed by atoms with Crippen molar-refractivity contribution in [3.8, 4) is 0 Å². The molecule has 6 heteroatoms. The van der Waals surface area contributed by atoms with E-state index in [0.29, 0.717) is 0 Å². The summed E-state index contributed by atoms with van der Waals surface area (Å²) in [5, 5.41) is 18.5. The third kappa shape index (κ3) is 3.28. The van der Waals surface area contributed by atoms with Crippen LogP contribution in [-0.2, 0) is 13.6 Å². The molecular weight excluding hydrogens is 268 g/mol. The molecule has 0 aliphatic heterocycles. The molecule has 1 N–H and O–H groups in total. The number of non-ortho nitro benzene ring substituents is 1. The maximum absolute atomic E-state index is 10.7. The molecule has 0 saturated heterocycles. The number of aromatic nitrogens is 2. The molecule has 21 heavy (non-hydrogen) atoms. The maximum Gasteiger partial charge on any atom is 0.269 e. The van der Waals surface area contributed by atoms with Crippen LogP contribution in [0.1, 0.15) is 35.5 Å². The van der Waals surface area contributed by atoms with Crippen LogP contribution in [0.5, 0.6) is 0 Å². The number of hydrogen-bond acceptors (Lipinski definition) is 4. The number of nitrogens with zero attached hydrogens (tertiary/aromatic N) is 3. The van der Waals surface area contributed by atoms with Crippen molar-refractivity contribution in [3.63, 3.8) is 0 Å². The van der Waals surface area contributed by atoms with Gasteiger partial charge in [0.15, 0.2) is 0 Å². The summed E-state index contributed by atoms with van der Waals surface area (Å²) in [6.07, 6.45) is 0. The standard InChI is InChI=1S/C15H20N4O2/c1-10(13-5-7-14(8-6-13)19(20)21)16-9-15-11(2)17-18(4)12(15)3/h5-8,10,16H,9H2,1-4H3. The molecule has 0 radical (unpaired) electrons. The lowest BCUT2D eigenvalue weighted by molar-refractivity contribution is -0.384. The first-order valence-corrected chi connectivity index (χ1v) is 6.87. The molecule has 0 amide bonds. The Hall–Kier alpha value is -2.21. The number of rotatable bonds is 5. The fourth-order valence-corrected chi connectivity index (χ4v) is 2.33. The van der Waals surface area contributed by atoms with Crippen LogP contribution >= 0.6 is 0 Å². The van der Waals surface area contributed by atoms with Gasteiger partial charge in [0.25, 0.3) is 5.69 Å². The first-order valence-electron chi connectivity index (χ1n) is 6.87. The van der Waals surface area contributed by atoms with Crippen LogP contribution in [0.4, 0.5) is 5.69 Å². The molecule has 2 rings (SSSR count). The summed E-state index contributed by atoms with van der Waals surface area (Å²) in [4.78, 5) is 10.3. The fourth-order valence-electron chi connectivity index (χ4n) is 2.33. The van der Waals surface area contributed by atoms with Crippen molar-refractivity contribution in [2.75, 3.05) is 0 Å². The van der Waals surface area contributed by atoms with Gasteiger partial charge in [-0.05, 0) is 26.3 Å². The molecule has 0 bridgehead atoms. The second-order valence-corrected chi connectivity index (χ2v) is 5.22. The van der Waals surface area contributed by atoms with E-state index >= 15 is 0 Å². The van der Waals surface area contributed by atoms with E-state index in [0.717, 1.165) is 23.5 Å². The van der Waals surface area contributed by atoms with Gasteiger partial charge in [-0.2, -0.15) is 5.10 Å². The quantitative estimate of drug-likeness (QED) is 0.678. The number of hydrogen-bond donors (Lipinski definition) is 1. The molecule has 1 atom stereocenters. The Morgan fingerprint density at radius 3 is 2.43 bits per heavy atom. The van der Waals surface area contributed by atoms with Gasteiger partial charge in [-0.15, -0.1) is 0 Å². The zero-order valence-corrected chi connectivity index (χ0v) is 12.8. The summed E-state index contributed by atoms with van der Waals surface area (Å²) in [7, 11) is 1.94. The van der Waals surface area contributed by atoms with Crippen LogP contribution in [-0.4, -0.2) is 14.7 Å². The molecular formula is C15H20N4O2. The highest BCUT2D eigenvalue weighted by molar-refractivity contribution is 5.34. The molecule has 0 spiro atoms. The number of nitrogens with one attached hydrogen (secondary N) is 1. The Balaban J connectivity index is 2.04.